The van der Waals surface area contributed by atoms with Gasteiger partial charge >= 0.3 is 0 Å². The summed E-state index contributed by atoms with van der Waals surface area (Å²) in [7, 11) is 0. The number of amides is 1. The van der Waals surface area contributed by atoms with Gasteiger partial charge in [-0.1, -0.05) is 18.5 Å². The van der Waals surface area contributed by atoms with E-state index in [1.165, 1.54) is 27.7 Å². The number of carbonyl (C=O) groups excluding carboxylic acids is 1. The molecule has 0 bridgehead atoms. The average molecular weight is 439 g/mol. The second-order valence-corrected chi connectivity index (χ2v) is 9.81. The molecular formula is C18H19ClN4OS3. The summed E-state index contributed by atoms with van der Waals surface area (Å²) in [6.45, 7) is 6.16. The highest BCUT2D eigenvalue weighted by atomic mass is 35.5. The van der Waals surface area contributed by atoms with E-state index in [-0.39, 0.29) is 5.91 Å². The molecule has 0 unspecified atom stereocenters. The lowest BCUT2D eigenvalue weighted by molar-refractivity contribution is 0.0622. The minimum atomic E-state index is 0.0155. The Hall–Kier alpha value is -1.32. The molecule has 0 aromatic carbocycles. The Morgan fingerprint density at radius 2 is 1.96 bits per heavy atom. The minimum absolute atomic E-state index is 0.0155. The first-order valence-electron chi connectivity index (χ1n) is 8.78. The average Bonchev–Trinajstić information content (AvgIpc) is 3.42. The normalized spacial score (nSPS) is 15.4. The van der Waals surface area contributed by atoms with Gasteiger partial charge in [0.05, 0.1) is 19.9 Å². The summed E-state index contributed by atoms with van der Waals surface area (Å²) < 4.78 is 0.732. The summed E-state index contributed by atoms with van der Waals surface area (Å²) >= 11 is 10.7. The zero-order valence-corrected chi connectivity index (χ0v) is 18.1. The molecule has 0 N–H and O–H groups in total. The predicted molar refractivity (Wildman–Crippen MR) is 113 cm³/mol. The first kappa shape index (κ1) is 19.0. The molecule has 1 fully saturated rings. The van der Waals surface area contributed by atoms with Crippen LogP contribution < -0.4 is 0 Å². The number of thiophene rings is 1. The monoisotopic (exact) mass is 438 g/mol. The molecule has 4 heterocycles. The van der Waals surface area contributed by atoms with Crippen LogP contribution in [0.3, 0.4) is 0 Å². The molecule has 1 amide bonds. The maximum atomic E-state index is 12.8. The van der Waals surface area contributed by atoms with Gasteiger partial charge in [0.15, 0.2) is 0 Å². The van der Waals surface area contributed by atoms with Crippen molar-refractivity contribution in [3.8, 4) is 9.88 Å². The molecule has 0 spiro atoms. The Morgan fingerprint density at radius 3 is 2.63 bits per heavy atom. The van der Waals surface area contributed by atoms with Crippen molar-refractivity contribution in [3.63, 3.8) is 0 Å². The number of thiazole rings is 2. The van der Waals surface area contributed by atoms with Gasteiger partial charge in [-0.15, -0.1) is 34.0 Å². The molecule has 3 aromatic heterocycles. The van der Waals surface area contributed by atoms with Crippen LogP contribution in [-0.2, 0) is 13.0 Å². The Balaban J connectivity index is 1.34. The fraction of sp³-hybridized carbons (Fsp3) is 0.389. The summed E-state index contributed by atoms with van der Waals surface area (Å²) in [5.74, 6) is 0.0155. The lowest BCUT2D eigenvalue weighted by atomic mass is 10.2. The molecule has 1 aliphatic heterocycles. The number of hydrogen-bond acceptors (Lipinski definition) is 7. The number of halogens is 1. The highest BCUT2D eigenvalue weighted by molar-refractivity contribution is 7.23. The van der Waals surface area contributed by atoms with Crippen LogP contribution in [0, 0.1) is 0 Å². The smallest absolute Gasteiger partial charge is 0.273 e. The molecule has 1 aliphatic rings. The van der Waals surface area contributed by atoms with Crippen LogP contribution in [0.1, 0.15) is 28.1 Å². The van der Waals surface area contributed by atoms with Gasteiger partial charge in [0, 0.05) is 43.5 Å². The Morgan fingerprint density at radius 1 is 1.15 bits per heavy atom. The van der Waals surface area contributed by atoms with Crippen molar-refractivity contribution in [3.05, 3.63) is 43.6 Å². The largest absolute Gasteiger partial charge is 0.335 e. The van der Waals surface area contributed by atoms with Gasteiger partial charge in [-0.05, 0) is 18.6 Å². The molecule has 5 nitrogen and oxygen atoms in total. The highest BCUT2D eigenvalue weighted by Crippen LogP contribution is 2.33. The van der Waals surface area contributed by atoms with Crippen molar-refractivity contribution in [1.29, 1.82) is 0 Å². The zero-order valence-electron chi connectivity index (χ0n) is 14.9. The molecule has 4 rings (SSSR count). The van der Waals surface area contributed by atoms with Gasteiger partial charge in [0.25, 0.3) is 5.91 Å². The lowest BCUT2D eigenvalue weighted by Crippen LogP contribution is -2.48. The lowest BCUT2D eigenvalue weighted by Gasteiger charge is -2.34. The topological polar surface area (TPSA) is 49.3 Å². The van der Waals surface area contributed by atoms with Crippen LogP contribution in [0.4, 0.5) is 0 Å². The van der Waals surface area contributed by atoms with Crippen LogP contribution in [0.5, 0.6) is 0 Å². The van der Waals surface area contributed by atoms with E-state index in [1.807, 2.05) is 22.4 Å². The van der Waals surface area contributed by atoms with Crippen molar-refractivity contribution in [1.82, 2.24) is 19.8 Å². The van der Waals surface area contributed by atoms with Gasteiger partial charge in [-0.3, -0.25) is 9.69 Å². The molecule has 0 atom stereocenters. The van der Waals surface area contributed by atoms with Crippen LogP contribution in [0.25, 0.3) is 9.88 Å². The maximum Gasteiger partial charge on any atom is 0.273 e. The fourth-order valence-corrected chi connectivity index (χ4v) is 5.64. The molecule has 0 saturated carbocycles. The molecule has 1 saturated heterocycles. The van der Waals surface area contributed by atoms with Crippen LogP contribution in [-0.4, -0.2) is 51.9 Å². The number of rotatable bonds is 5. The van der Waals surface area contributed by atoms with E-state index in [4.69, 9.17) is 11.6 Å². The first-order valence-corrected chi connectivity index (χ1v) is 11.7. The summed E-state index contributed by atoms with van der Waals surface area (Å²) in [5.41, 5.74) is 1.66. The molecule has 142 valence electrons. The zero-order chi connectivity index (χ0) is 18.8. The number of hydrogen-bond donors (Lipinski definition) is 0. The van der Waals surface area contributed by atoms with Gasteiger partial charge in [0.2, 0.25) is 0 Å². The molecule has 0 aliphatic carbocycles. The molecule has 3 aromatic rings. The van der Waals surface area contributed by atoms with E-state index in [0.29, 0.717) is 5.69 Å². The second-order valence-electron chi connectivity index (χ2n) is 6.30. The predicted octanol–water partition coefficient (Wildman–Crippen LogP) is 4.50. The van der Waals surface area contributed by atoms with Crippen LogP contribution >= 0.6 is 45.6 Å². The minimum Gasteiger partial charge on any atom is -0.335 e. The molecule has 27 heavy (non-hydrogen) atoms. The third-order valence-electron chi connectivity index (χ3n) is 4.45. The van der Waals surface area contributed by atoms with Crippen molar-refractivity contribution < 1.29 is 4.79 Å². The standard InChI is InChI=1S/C18H19ClN4OS3/c1-2-16-20-12(10-25-16)9-22-5-7-23(8-6-22)18(24)13-11-26-17(21-13)14-3-4-15(19)27-14/h3-4,10-11H,2,5-9H2,1H3. The molecule has 9 heteroatoms. The second kappa shape index (κ2) is 8.36. The Labute approximate surface area is 175 Å². The summed E-state index contributed by atoms with van der Waals surface area (Å²) in [4.78, 5) is 27.2. The van der Waals surface area contributed by atoms with Crippen LogP contribution in [0.2, 0.25) is 4.34 Å². The Bertz CT molecular complexity index is 927. The van der Waals surface area contributed by atoms with E-state index in [9.17, 15) is 4.79 Å². The third kappa shape index (κ3) is 4.41. The number of aromatic nitrogens is 2. The van der Waals surface area contributed by atoms with E-state index in [1.54, 1.807) is 11.3 Å². The molecular weight excluding hydrogens is 420 g/mol. The van der Waals surface area contributed by atoms with E-state index in [2.05, 4.69) is 27.2 Å². The summed E-state index contributed by atoms with van der Waals surface area (Å²) in [6, 6.07) is 3.80. The van der Waals surface area contributed by atoms with Crippen LogP contribution in [0.15, 0.2) is 22.9 Å². The number of carbonyl (C=O) groups is 1. The first-order chi connectivity index (χ1) is 13.1. The van der Waals surface area contributed by atoms with Gasteiger partial charge < -0.3 is 4.90 Å². The van der Waals surface area contributed by atoms with Crippen molar-refractivity contribution in [2.75, 3.05) is 26.2 Å². The quantitative estimate of drug-likeness (QED) is 0.588. The molecule has 0 radical (unpaired) electrons. The third-order valence-corrected chi connectivity index (χ3v) is 7.74. The number of nitrogens with zero attached hydrogens (tertiary/aromatic N) is 4. The van der Waals surface area contributed by atoms with Crippen molar-refractivity contribution in [2.24, 2.45) is 0 Å². The number of piperazine rings is 1. The van der Waals surface area contributed by atoms with E-state index >= 15 is 0 Å². The highest BCUT2D eigenvalue weighted by Gasteiger charge is 2.24. The van der Waals surface area contributed by atoms with Crippen molar-refractivity contribution in [2.45, 2.75) is 19.9 Å². The van der Waals surface area contributed by atoms with E-state index in [0.717, 1.165) is 59.1 Å². The SMILES string of the molecule is CCc1nc(CN2CCN(C(=O)c3csc(-c4ccc(Cl)s4)n3)CC2)cs1. The summed E-state index contributed by atoms with van der Waals surface area (Å²) in [5, 5.41) is 6.03. The maximum absolute atomic E-state index is 12.8. The van der Waals surface area contributed by atoms with Gasteiger partial charge in [-0.2, -0.15) is 0 Å². The summed E-state index contributed by atoms with van der Waals surface area (Å²) in [6.07, 6.45) is 0.986. The van der Waals surface area contributed by atoms with Gasteiger partial charge in [-0.25, -0.2) is 9.97 Å². The van der Waals surface area contributed by atoms with Crippen molar-refractivity contribution >= 4 is 51.5 Å². The Kier molecular flexibility index (Phi) is 5.89. The fourth-order valence-electron chi connectivity index (χ4n) is 3.00. The van der Waals surface area contributed by atoms with Gasteiger partial charge in [0.1, 0.15) is 10.7 Å². The number of aryl methyl sites for hydroxylation is 1. The van der Waals surface area contributed by atoms with E-state index < -0.39 is 0 Å².